The first-order chi connectivity index (χ1) is 11.7. The van der Waals surface area contributed by atoms with Crippen LogP contribution in [0.25, 0.3) is 0 Å². The highest BCUT2D eigenvalue weighted by Gasteiger charge is 2.59. The van der Waals surface area contributed by atoms with E-state index in [1.54, 1.807) is 6.92 Å². The van der Waals surface area contributed by atoms with Crippen LogP contribution in [0.3, 0.4) is 0 Å². The van der Waals surface area contributed by atoms with Gasteiger partial charge >= 0.3 is 0 Å². The number of Topliss-reactive ketones (excluding diaryl/α,β-unsaturated/α-hetero) is 1. The summed E-state index contributed by atoms with van der Waals surface area (Å²) in [6.45, 7) is 5.79. The van der Waals surface area contributed by atoms with Gasteiger partial charge < -0.3 is 15.3 Å². The summed E-state index contributed by atoms with van der Waals surface area (Å²) in [7, 11) is 0. The van der Waals surface area contributed by atoms with Gasteiger partial charge in [-0.3, -0.25) is 4.79 Å². The third kappa shape index (κ3) is 2.14. The summed E-state index contributed by atoms with van der Waals surface area (Å²) in [5.41, 5.74) is 2.55. The highest BCUT2D eigenvalue weighted by atomic mass is 16.3. The van der Waals surface area contributed by atoms with Crippen molar-refractivity contribution in [3.63, 3.8) is 0 Å². The zero-order chi connectivity index (χ0) is 18.1. The smallest absolute Gasteiger partial charge is 0.156 e. The third-order valence-electron chi connectivity index (χ3n) is 7.66. The van der Waals surface area contributed by atoms with E-state index in [9.17, 15) is 20.1 Å². The first-order valence-corrected chi connectivity index (χ1v) is 9.36. The van der Waals surface area contributed by atoms with Crippen LogP contribution in [0.1, 0.15) is 46.5 Å². The van der Waals surface area contributed by atoms with Crippen molar-refractivity contribution >= 4 is 5.78 Å². The number of hydrogen-bond acceptors (Lipinski definition) is 4. The van der Waals surface area contributed by atoms with Crippen LogP contribution in [0.2, 0.25) is 0 Å². The standard InChI is InChI=1S/C21H28O4/c1-11(22)14-6-7-15-13-5-4-12-8-17(23)18(24)10-20(12,2)16(13)9-19(25)21(14,15)3/h5-6,8,15-19,23-25H,4,7,9-10H2,1-3H3/t15?,16?,17?,18-,19+,20-,21+/m0/s1. The number of aliphatic hydroxyl groups excluding tert-OH is 3. The molecule has 4 aliphatic carbocycles. The lowest BCUT2D eigenvalue weighted by Gasteiger charge is -2.56. The molecule has 0 saturated heterocycles. The molecule has 0 amide bonds. The van der Waals surface area contributed by atoms with Gasteiger partial charge in [0.15, 0.2) is 5.78 Å². The molecule has 0 aromatic rings. The van der Waals surface area contributed by atoms with E-state index in [2.05, 4.69) is 13.0 Å². The Hall–Kier alpha value is -1.23. The van der Waals surface area contributed by atoms with Gasteiger partial charge in [0.2, 0.25) is 0 Å². The number of hydrogen-bond donors (Lipinski definition) is 3. The monoisotopic (exact) mass is 344 g/mol. The van der Waals surface area contributed by atoms with Gasteiger partial charge in [0, 0.05) is 5.41 Å². The summed E-state index contributed by atoms with van der Waals surface area (Å²) in [6.07, 6.45) is 6.66. The van der Waals surface area contributed by atoms with E-state index in [1.165, 1.54) is 11.1 Å². The van der Waals surface area contributed by atoms with E-state index in [-0.39, 0.29) is 23.0 Å². The van der Waals surface area contributed by atoms with Gasteiger partial charge in [0.05, 0.1) is 18.3 Å². The molecule has 0 heterocycles. The van der Waals surface area contributed by atoms with Crippen molar-refractivity contribution in [2.24, 2.45) is 22.7 Å². The maximum atomic E-state index is 12.1. The molecular weight excluding hydrogens is 316 g/mol. The Morgan fingerprint density at radius 3 is 2.56 bits per heavy atom. The molecule has 0 aromatic carbocycles. The predicted molar refractivity (Wildman–Crippen MR) is 94.6 cm³/mol. The normalized spacial score (nSPS) is 48.6. The van der Waals surface area contributed by atoms with Crippen LogP contribution in [0.4, 0.5) is 0 Å². The SMILES string of the molecule is CC(=O)C1=CCC2C3=CCC4=CC(O)[C@@H](O)C[C@]4(C)C3C[C@@H](O)[C@]12C. The Morgan fingerprint density at radius 2 is 1.88 bits per heavy atom. The molecule has 0 spiro atoms. The fourth-order valence-corrected chi connectivity index (χ4v) is 6.15. The quantitative estimate of drug-likeness (QED) is 0.638. The minimum atomic E-state index is -0.797. The van der Waals surface area contributed by atoms with Crippen molar-refractivity contribution < 1.29 is 20.1 Å². The number of carbonyl (C=O) groups excluding carboxylic acids is 1. The number of aliphatic hydroxyl groups is 3. The molecule has 3 unspecified atom stereocenters. The number of rotatable bonds is 1. The summed E-state index contributed by atoms with van der Waals surface area (Å²) in [5.74, 6) is 0.367. The predicted octanol–water partition coefficient (Wildman–Crippen LogP) is 2.30. The Morgan fingerprint density at radius 1 is 1.16 bits per heavy atom. The van der Waals surface area contributed by atoms with Crippen LogP contribution >= 0.6 is 0 Å². The van der Waals surface area contributed by atoms with Gasteiger partial charge in [-0.2, -0.15) is 0 Å². The maximum absolute atomic E-state index is 12.1. The molecule has 0 bridgehead atoms. The molecule has 1 saturated carbocycles. The molecule has 7 atom stereocenters. The lowest BCUT2D eigenvalue weighted by Crippen LogP contribution is -2.53. The average Bonchev–Trinajstić information content (AvgIpc) is 2.89. The molecule has 1 fully saturated rings. The van der Waals surface area contributed by atoms with Crippen LogP contribution in [0, 0.1) is 22.7 Å². The second-order valence-electron chi connectivity index (χ2n) is 8.83. The van der Waals surface area contributed by atoms with Crippen LogP contribution in [0.5, 0.6) is 0 Å². The lowest BCUT2D eigenvalue weighted by molar-refractivity contribution is -0.116. The van der Waals surface area contributed by atoms with Crippen LogP contribution in [-0.2, 0) is 4.79 Å². The molecule has 136 valence electrons. The van der Waals surface area contributed by atoms with Gasteiger partial charge in [-0.25, -0.2) is 0 Å². The molecule has 0 radical (unpaired) electrons. The van der Waals surface area contributed by atoms with E-state index in [0.717, 1.165) is 18.4 Å². The zero-order valence-corrected chi connectivity index (χ0v) is 15.2. The first-order valence-electron chi connectivity index (χ1n) is 9.36. The van der Waals surface area contributed by atoms with Gasteiger partial charge in [-0.1, -0.05) is 43.2 Å². The van der Waals surface area contributed by atoms with Gasteiger partial charge in [0.1, 0.15) is 0 Å². The largest absolute Gasteiger partial charge is 0.392 e. The number of carbonyl (C=O) groups is 1. The highest BCUT2D eigenvalue weighted by Crippen LogP contribution is 2.63. The maximum Gasteiger partial charge on any atom is 0.156 e. The summed E-state index contributed by atoms with van der Waals surface area (Å²) in [4.78, 5) is 12.1. The third-order valence-corrected chi connectivity index (χ3v) is 7.66. The Balaban J connectivity index is 1.77. The summed E-state index contributed by atoms with van der Waals surface area (Å²) < 4.78 is 0. The second kappa shape index (κ2) is 5.38. The van der Waals surface area contributed by atoms with Crippen molar-refractivity contribution in [2.75, 3.05) is 0 Å². The molecule has 3 N–H and O–H groups in total. The van der Waals surface area contributed by atoms with Crippen LogP contribution in [-0.4, -0.2) is 39.4 Å². The number of ketones is 1. The topological polar surface area (TPSA) is 77.8 Å². The molecule has 4 nitrogen and oxygen atoms in total. The fourth-order valence-electron chi connectivity index (χ4n) is 6.15. The van der Waals surface area contributed by atoms with Crippen molar-refractivity contribution in [1.82, 2.24) is 0 Å². The molecular formula is C21H28O4. The molecule has 4 aliphatic rings. The van der Waals surface area contributed by atoms with E-state index in [0.29, 0.717) is 12.8 Å². The van der Waals surface area contributed by atoms with Gasteiger partial charge in [0.25, 0.3) is 0 Å². The van der Waals surface area contributed by atoms with Crippen molar-refractivity contribution in [3.05, 3.63) is 34.9 Å². The van der Waals surface area contributed by atoms with Crippen molar-refractivity contribution in [2.45, 2.75) is 64.8 Å². The lowest BCUT2D eigenvalue weighted by atomic mass is 9.49. The van der Waals surface area contributed by atoms with E-state index in [1.807, 2.05) is 19.1 Å². The Kier molecular flexibility index (Phi) is 3.70. The minimum Gasteiger partial charge on any atom is -0.392 e. The molecule has 25 heavy (non-hydrogen) atoms. The minimum absolute atomic E-state index is 0.0573. The highest BCUT2D eigenvalue weighted by molar-refractivity contribution is 5.95. The second-order valence-corrected chi connectivity index (χ2v) is 8.83. The van der Waals surface area contributed by atoms with Crippen molar-refractivity contribution in [3.8, 4) is 0 Å². The van der Waals surface area contributed by atoms with Crippen LogP contribution in [0.15, 0.2) is 34.9 Å². The van der Waals surface area contributed by atoms with E-state index in [4.69, 9.17) is 0 Å². The Labute approximate surface area is 148 Å². The Bertz CT molecular complexity index is 717. The van der Waals surface area contributed by atoms with Gasteiger partial charge in [-0.05, 0) is 55.4 Å². The van der Waals surface area contributed by atoms with Crippen LogP contribution < -0.4 is 0 Å². The molecule has 0 aromatic heterocycles. The fraction of sp³-hybridized carbons (Fsp3) is 0.667. The van der Waals surface area contributed by atoms with Gasteiger partial charge in [-0.15, -0.1) is 0 Å². The zero-order valence-electron chi connectivity index (χ0n) is 15.2. The number of fused-ring (bicyclic) bond motifs is 5. The van der Waals surface area contributed by atoms with E-state index >= 15 is 0 Å². The molecule has 4 rings (SSSR count). The summed E-state index contributed by atoms with van der Waals surface area (Å²) in [5, 5.41) is 31.4. The van der Waals surface area contributed by atoms with Crippen molar-refractivity contribution in [1.29, 1.82) is 0 Å². The first kappa shape index (κ1) is 17.2. The van der Waals surface area contributed by atoms with E-state index < -0.39 is 23.7 Å². The number of allylic oxidation sites excluding steroid dienone is 4. The summed E-state index contributed by atoms with van der Waals surface area (Å²) in [6, 6.07) is 0. The average molecular weight is 344 g/mol. The summed E-state index contributed by atoms with van der Waals surface area (Å²) >= 11 is 0. The molecule has 4 heteroatoms. The molecule has 0 aliphatic heterocycles.